The Labute approximate surface area is 172 Å². The first kappa shape index (κ1) is 21.0. The molecule has 0 fully saturated rings. The van der Waals surface area contributed by atoms with E-state index in [-0.39, 0.29) is 16.9 Å². The van der Waals surface area contributed by atoms with Gasteiger partial charge in [-0.15, -0.1) is 0 Å². The van der Waals surface area contributed by atoms with E-state index in [4.69, 9.17) is 14.6 Å². The number of nitrogens with one attached hydrogen (secondary N) is 1. The summed E-state index contributed by atoms with van der Waals surface area (Å²) >= 11 is 0. The van der Waals surface area contributed by atoms with E-state index >= 15 is 4.39 Å². The molecule has 0 aliphatic carbocycles. The minimum atomic E-state index is -1.28. The highest BCUT2D eigenvalue weighted by molar-refractivity contribution is 6.18. The maximum atomic E-state index is 15.0. The Balaban J connectivity index is 2.11. The smallest absolute Gasteiger partial charge is 0.405 e. The fourth-order valence-electron chi connectivity index (χ4n) is 3.32. The number of carbonyl (C=O) groups is 2. The van der Waals surface area contributed by atoms with Crippen LogP contribution in [0.15, 0.2) is 42.6 Å². The lowest BCUT2D eigenvalue weighted by Gasteiger charge is -2.17. The third kappa shape index (κ3) is 3.89. The Hall–Kier alpha value is -3.68. The topological polar surface area (TPSA) is 97.8 Å². The second-order valence-corrected chi connectivity index (χ2v) is 6.50. The number of halogens is 1. The molecular weight excluding hydrogens is 391 g/mol. The molecule has 2 aromatic carbocycles. The van der Waals surface area contributed by atoms with Crippen LogP contribution in [0.25, 0.3) is 10.8 Å². The Morgan fingerprint density at radius 1 is 1.17 bits per heavy atom. The highest BCUT2D eigenvalue weighted by Crippen LogP contribution is 2.33. The van der Waals surface area contributed by atoms with Crippen molar-refractivity contribution in [1.82, 2.24) is 10.3 Å². The molecule has 0 aliphatic rings. The van der Waals surface area contributed by atoms with E-state index in [1.165, 1.54) is 26.2 Å². The van der Waals surface area contributed by atoms with Gasteiger partial charge in [-0.2, -0.15) is 0 Å². The van der Waals surface area contributed by atoms with Crippen LogP contribution in [0.5, 0.6) is 11.6 Å². The number of ketones is 1. The molecule has 0 spiro atoms. The van der Waals surface area contributed by atoms with Gasteiger partial charge in [-0.3, -0.25) is 4.79 Å². The zero-order valence-corrected chi connectivity index (χ0v) is 16.7. The van der Waals surface area contributed by atoms with Crippen LogP contribution < -0.4 is 14.8 Å². The summed E-state index contributed by atoms with van der Waals surface area (Å²) in [5.41, 5.74) is 0.452. The van der Waals surface area contributed by atoms with Crippen LogP contribution in [0.2, 0.25) is 0 Å². The van der Waals surface area contributed by atoms with Gasteiger partial charge in [-0.05, 0) is 37.4 Å². The van der Waals surface area contributed by atoms with Crippen molar-refractivity contribution in [2.24, 2.45) is 0 Å². The SMILES string of the molecule is CCOc1nccc2c(C(=O)c3ccc(C(C)NC(=O)O)c(F)c3OC)cccc12. The Morgan fingerprint density at radius 3 is 2.60 bits per heavy atom. The molecule has 7 nitrogen and oxygen atoms in total. The van der Waals surface area contributed by atoms with Crippen LogP contribution in [-0.4, -0.2) is 35.7 Å². The minimum Gasteiger partial charge on any atom is -0.493 e. The molecule has 3 aromatic rings. The Morgan fingerprint density at radius 2 is 1.93 bits per heavy atom. The van der Waals surface area contributed by atoms with Crippen molar-refractivity contribution < 1.29 is 28.6 Å². The summed E-state index contributed by atoms with van der Waals surface area (Å²) < 4.78 is 25.8. The number of carboxylic acid groups (broad SMARTS) is 1. The van der Waals surface area contributed by atoms with Crippen molar-refractivity contribution in [1.29, 1.82) is 0 Å². The van der Waals surface area contributed by atoms with Gasteiger partial charge < -0.3 is 19.9 Å². The zero-order chi connectivity index (χ0) is 21.8. The molecule has 8 heteroatoms. The number of aromatic nitrogens is 1. The van der Waals surface area contributed by atoms with Crippen molar-refractivity contribution in [3.8, 4) is 11.6 Å². The lowest BCUT2D eigenvalue weighted by Crippen LogP contribution is -2.25. The molecule has 0 aliphatic heterocycles. The molecule has 0 bridgehead atoms. The van der Waals surface area contributed by atoms with Crippen LogP contribution in [0.3, 0.4) is 0 Å². The summed E-state index contributed by atoms with van der Waals surface area (Å²) in [6.07, 6.45) is 0.264. The van der Waals surface area contributed by atoms with E-state index in [0.29, 0.717) is 28.8 Å². The lowest BCUT2D eigenvalue weighted by atomic mass is 9.95. The Kier molecular flexibility index (Phi) is 6.15. The Bertz CT molecular complexity index is 1120. The number of amides is 1. The molecule has 3 rings (SSSR count). The standard InChI is InChI=1S/C22H21FN2O5/c1-4-30-21-16-7-5-6-15(14(16)10-11-24-21)19(26)17-9-8-13(12(2)25-22(27)28)18(23)20(17)29-3/h5-12,25H,4H2,1-3H3,(H,27,28). The molecule has 0 saturated heterocycles. The average Bonchev–Trinajstić information content (AvgIpc) is 2.72. The predicted octanol–water partition coefficient (Wildman–Crippen LogP) is 4.34. The molecular formula is C22H21FN2O5. The van der Waals surface area contributed by atoms with Gasteiger partial charge >= 0.3 is 6.09 Å². The monoisotopic (exact) mass is 412 g/mol. The third-order valence-electron chi connectivity index (χ3n) is 4.68. The van der Waals surface area contributed by atoms with Crippen LogP contribution in [-0.2, 0) is 0 Å². The number of nitrogens with zero attached hydrogens (tertiary/aromatic N) is 1. The van der Waals surface area contributed by atoms with E-state index in [1.807, 2.05) is 6.92 Å². The molecule has 0 saturated carbocycles. The molecule has 0 radical (unpaired) electrons. The number of hydrogen-bond acceptors (Lipinski definition) is 5. The first-order valence-electron chi connectivity index (χ1n) is 9.30. The molecule has 2 N–H and O–H groups in total. The molecule has 1 heterocycles. The minimum absolute atomic E-state index is 0.0311. The van der Waals surface area contributed by atoms with Crippen molar-refractivity contribution in [3.63, 3.8) is 0 Å². The molecule has 1 amide bonds. The van der Waals surface area contributed by atoms with Gasteiger partial charge in [0, 0.05) is 22.7 Å². The second-order valence-electron chi connectivity index (χ2n) is 6.50. The first-order valence-corrected chi connectivity index (χ1v) is 9.30. The largest absolute Gasteiger partial charge is 0.493 e. The average molecular weight is 412 g/mol. The number of hydrogen-bond donors (Lipinski definition) is 2. The van der Waals surface area contributed by atoms with Gasteiger partial charge in [0.1, 0.15) is 0 Å². The van der Waals surface area contributed by atoms with Gasteiger partial charge in [0.25, 0.3) is 0 Å². The number of rotatable bonds is 7. The molecule has 1 aromatic heterocycles. The van der Waals surface area contributed by atoms with E-state index in [2.05, 4.69) is 10.3 Å². The van der Waals surface area contributed by atoms with Gasteiger partial charge in [-0.25, -0.2) is 14.2 Å². The van der Waals surface area contributed by atoms with Gasteiger partial charge in [0.15, 0.2) is 17.3 Å². The predicted molar refractivity (Wildman–Crippen MR) is 109 cm³/mol. The van der Waals surface area contributed by atoms with E-state index in [0.717, 1.165) is 0 Å². The number of benzene rings is 2. The van der Waals surface area contributed by atoms with Gasteiger partial charge in [0.05, 0.1) is 25.3 Å². The van der Waals surface area contributed by atoms with Crippen molar-refractivity contribution in [3.05, 3.63) is 65.1 Å². The summed E-state index contributed by atoms with van der Waals surface area (Å²) in [6.45, 7) is 3.76. The number of methoxy groups -OCH3 is 1. The number of fused-ring (bicyclic) bond motifs is 1. The first-order chi connectivity index (χ1) is 14.4. The summed E-state index contributed by atoms with van der Waals surface area (Å²) in [5.74, 6) is -1.06. The number of carbonyl (C=O) groups excluding carboxylic acids is 1. The zero-order valence-electron chi connectivity index (χ0n) is 16.7. The quantitative estimate of drug-likeness (QED) is 0.560. The fourth-order valence-corrected chi connectivity index (χ4v) is 3.32. The van der Waals surface area contributed by atoms with Crippen molar-refractivity contribution in [2.45, 2.75) is 19.9 Å². The third-order valence-corrected chi connectivity index (χ3v) is 4.68. The van der Waals surface area contributed by atoms with Crippen LogP contribution >= 0.6 is 0 Å². The normalized spacial score (nSPS) is 11.7. The summed E-state index contributed by atoms with van der Waals surface area (Å²) in [6, 6.07) is 8.83. The molecule has 1 unspecified atom stereocenters. The number of ether oxygens (including phenoxy) is 2. The maximum absolute atomic E-state index is 15.0. The molecule has 30 heavy (non-hydrogen) atoms. The summed E-state index contributed by atoms with van der Waals surface area (Å²) in [5, 5.41) is 12.4. The molecule has 1 atom stereocenters. The van der Waals surface area contributed by atoms with Gasteiger partial charge in [-0.1, -0.05) is 18.2 Å². The summed E-state index contributed by atoms with van der Waals surface area (Å²) in [7, 11) is 1.26. The van der Waals surface area contributed by atoms with E-state index in [1.54, 1.807) is 30.5 Å². The van der Waals surface area contributed by atoms with Crippen LogP contribution in [0.4, 0.5) is 9.18 Å². The van der Waals surface area contributed by atoms with Crippen molar-refractivity contribution >= 4 is 22.6 Å². The van der Waals surface area contributed by atoms with Gasteiger partial charge in [0.2, 0.25) is 5.88 Å². The highest BCUT2D eigenvalue weighted by Gasteiger charge is 2.24. The summed E-state index contributed by atoms with van der Waals surface area (Å²) in [4.78, 5) is 28.4. The maximum Gasteiger partial charge on any atom is 0.405 e. The highest BCUT2D eigenvalue weighted by atomic mass is 19.1. The lowest BCUT2D eigenvalue weighted by molar-refractivity contribution is 0.103. The van der Waals surface area contributed by atoms with Crippen molar-refractivity contribution in [2.75, 3.05) is 13.7 Å². The number of pyridine rings is 1. The molecule has 156 valence electrons. The van der Waals surface area contributed by atoms with Crippen LogP contribution in [0.1, 0.15) is 41.4 Å². The van der Waals surface area contributed by atoms with E-state index < -0.39 is 23.7 Å². The second kappa shape index (κ2) is 8.77. The fraction of sp³-hybridized carbons (Fsp3) is 0.227. The van der Waals surface area contributed by atoms with Crippen LogP contribution in [0, 0.1) is 5.82 Å². The van der Waals surface area contributed by atoms with E-state index in [9.17, 15) is 9.59 Å².